The van der Waals surface area contributed by atoms with Gasteiger partial charge in [0.2, 0.25) is 0 Å². The van der Waals surface area contributed by atoms with Gasteiger partial charge in [-0.1, -0.05) is 12.1 Å². The molecule has 2 unspecified atom stereocenters. The molecule has 0 radical (unpaired) electrons. The quantitative estimate of drug-likeness (QED) is 0.712. The lowest BCUT2D eigenvalue weighted by Crippen LogP contribution is -2.42. The van der Waals surface area contributed by atoms with Crippen molar-refractivity contribution in [2.75, 3.05) is 47.6 Å². The summed E-state index contributed by atoms with van der Waals surface area (Å²) in [5.74, 6) is 0.843. The van der Waals surface area contributed by atoms with Gasteiger partial charge in [-0.15, -0.1) is 0 Å². The molecule has 120 valence electrons. The highest BCUT2D eigenvalue weighted by molar-refractivity contribution is 5.29. The van der Waals surface area contributed by atoms with Crippen molar-refractivity contribution in [3.63, 3.8) is 0 Å². The number of rotatable bonds is 10. The maximum absolute atomic E-state index is 6.33. The Hall–Kier alpha value is -1.14. The summed E-state index contributed by atoms with van der Waals surface area (Å²) in [4.78, 5) is 2.29. The van der Waals surface area contributed by atoms with Crippen molar-refractivity contribution < 1.29 is 14.2 Å². The smallest absolute Gasteiger partial charge is 0.118 e. The first-order valence-electron chi connectivity index (χ1n) is 7.23. The Morgan fingerprint density at radius 3 is 2.29 bits per heavy atom. The Morgan fingerprint density at radius 1 is 1.10 bits per heavy atom. The van der Waals surface area contributed by atoms with E-state index in [2.05, 4.69) is 11.8 Å². The zero-order valence-corrected chi connectivity index (χ0v) is 13.5. The highest BCUT2D eigenvalue weighted by Gasteiger charge is 2.17. The molecule has 0 aliphatic carbocycles. The molecule has 0 spiro atoms. The first-order chi connectivity index (χ1) is 10.1. The van der Waals surface area contributed by atoms with Crippen molar-refractivity contribution >= 4 is 0 Å². The second kappa shape index (κ2) is 9.73. The second-order valence-electron chi connectivity index (χ2n) is 5.17. The van der Waals surface area contributed by atoms with Crippen LogP contribution >= 0.6 is 0 Å². The lowest BCUT2D eigenvalue weighted by molar-refractivity contribution is 0.0714. The summed E-state index contributed by atoms with van der Waals surface area (Å²) < 4.78 is 15.6. The van der Waals surface area contributed by atoms with Crippen molar-refractivity contribution in [2.24, 2.45) is 5.73 Å². The van der Waals surface area contributed by atoms with Crippen LogP contribution in [0.15, 0.2) is 24.3 Å². The summed E-state index contributed by atoms with van der Waals surface area (Å²) in [6.45, 7) is 5.10. The van der Waals surface area contributed by atoms with Gasteiger partial charge in [0.25, 0.3) is 0 Å². The van der Waals surface area contributed by atoms with Gasteiger partial charge in [0.05, 0.1) is 20.3 Å². The number of methoxy groups -OCH3 is 3. The van der Waals surface area contributed by atoms with Gasteiger partial charge in [0.1, 0.15) is 5.75 Å². The number of hydrogen-bond donors (Lipinski definition) is 1. The molecule has 0 saturated heterocycles. The standard InChI is InChI=1S/C16H28N2O3/c1-13(12-20-3)18(9-10-19-2)11-16(17)14-5-7-15(21-4)8-6-14/h5-8,13,16H,9-12,17H2,1-4H3. The van der Waals surface area contributed by atoms with Gasteiger partial charge in [-0.25, -0.2) is 0 Å². The molecule has 21 heavy (non-hydrogen) atoms. The molecule has 5 heteroatoms. The summed E-state index contributed by atoms with van der Waals surface area (Å²) in [6.07, 6.45) is 0. The highest BCUT2D eigenvalue weighted by Crippen LogP contribution is 2.17. The molecule has 0 aliphatic heterocycles. The third-order valence-electron chi connectivity index (χ3n) is 3.59. The van der Waals surface area contributed by atoms with E-state index in [-0.39, 0.29) is 6.04 Å². The molecule has 2 N–H and O–H groups in total. The van der Waals surface area contributed by atoms with Crippen molar-refractivity contribution in [3.05, 3.63) is 29.8 Å². The largest absolute Gasteiger partial charge is 0.497 e. The summed E-state index contributed by atoms with van der Waals surface area (Å²) >= 11 is 0. The van der Waals surface area contributed by atoms with E-state index in [1.165, 1.54) is 0 Å². The van der Waals surface area contributed by atoms with E-state index in [0.717, 1.165) is 24.4 Å². The SMILES string of the molecule is COCCN(CC(N)c1ccc(OC)cc1)C(C)COC. The minimum Gasteiger partial charge on any atom is -0.497 e. The Morgan fingerprint density at radius 2 is 1.76 bits per heavy atom. The van der Waals surface area contributed by atoms with E-state index in [4.69, 9.17) is 19.9 Å². The first kappa shape index (κ1) is 17.9. The van der Waals surface area contributed by atoms with Crippen LogP contribution in [0.2, 0.25) is 0 Å². The number of hydrogen-bond acceptors (Lipinski definition) is 5. The topological polar surface area (TPSA) is 57.0 Å². The maximum Gasteiger partial charge on any atom is 0.118 e. The average Bonchev–Trinajstić information content (AvgIpc) is 2.51. The Bertz CT molecular complexity index is 384. The molecule has 0 aromatic heterocycles. The molecule has 0 heterocycles. The molecule has 0 amide bonds. The fraction of sp³-hybridized carbons (Fsp3) is 0.625. The fourth-order valence-corrected chi connectivity index (χ4v) is 2.26. The van der Waals surface area contributed by atoms with Crippen LogP contribution in [0.1, 0.15) is 18.5 Å². The molecule has 5 nitrogen and oxygen atoms in total. The lowest BCUT2D eigenvalue weighted by atomic mass is 10.1. The predicted molar refractivity (Wildman–Crippen MR) is 84.7 cm³/mol. The molecule has 0 fully saturated rings. The van der Waals surface area contributed by atoms with Gasteiger partial charge >= 0.3 is 0 Å². The zero-order valence-electron chi connectivity index (χ0n) is 13.5. The van der Waals surface area contributed by atoms with Crippen LogP contribution in [0, 0.1) is 0 Å². The molecular weight excluding hydrogens is 268 g/mol. The van der Waals surface area contributed by atoms with Crippen molar-refractivity contribution in [1.82, 2.24) is 4.90 Å². The van der Waals surface area contributed by atoms with Crippen LogP contribution in [0.5, 0.6) is 5.75 Å². The fourth-order valence-electron chi connectivity index (χ4n) is 2.26. The molecule has 0 aliphatic rings. The van der Waals surface area contributed by atoms with Gasteiger partial charge in [0, 0.05) is 39.4 Å². The van der Waals surface area contributed by atoms with E-state index >= 15 is 0 Å². The van der Waals surface area contributed by atoms with Crippen LogP contribution in [0.3, 0.4) is 0 Å². The van der Waals surface area contributed by atoms with Crippen molar-refractivity contribution in [1.29, 1.82) is 0 Å². The maximum atomic E-state index is 6.33. The summed E-state index contributed by atoms with van der Waals surface area (Å²) in [6, 6.07) is 8.15. The average molecular weight is 296 g/mol. The first-order valence-corrected chi connectivity index (χ1v) is 7.23. The van der Waals surface area contributed by atoms with Crippen LogP contribution < -0.4 is 10.5 Å². The van der Waals surface area contributed by atoms with E-state index in [1.54, 1.807) is 21.3 Å². The molecule has 1 aromatic carbocycles. The third-order valence-corrected chi connectivity index (χ3v) is 3.59. The van der Waals surface area contributed by atoms with E-state index in [0.29, 0.717) is 19.3 Å². The molecule has 0 bridgehead atoms. The highest BCUT2D eigenvalue weighted by atomic mass is 16.5. The third kappa shape index (κ3) is 6.01. The van der Waals surface area contributed by atoms with Gasteiger partial charge < -0.3 is 19.9 Å². The normalized spacial score (nSPS) is 14.2. The number of ether oxygens (including phenoxy) is 3. The lowest BCUT2D eigenvalue weighted by Gasteiger charge is -2.31. The minimum atomic E-state index is -0.0490. The predicted octanol–water partition coefficient (Wildman–Crippen LogP) is 1.68. The number of benzene rings is 1. The summed E-state index contributed by atoms with van der Waals surface area (Å²) in [5.41, 5.74) is 7.43. The van der Waals surface area contributed by atoms with Crippen molar-refractivity contribution in [2.45, 2.75) is 19.0 Å². The van der Waals surface area contributed by atoms with Gasteiger partial charge in [-0.3, -0.25) is 4.90 Å². The number of nitrogens with two attached hydrogens (primary N) is 1. The summed E-state index contributed by atoms with van der Waals surface area (Å²) in [7, 11) is 5.09. The monoisotopic (exact) mass is 296 g/mol. The zero-order chi connectivity index (χ0) is 15.7. The minimum absolute atomic E-state index is 0.0490. The van der Waals surface area contributed by atoms with Gasteiger partial charge in [0.15, 0.2) is 0 Å². The molecule has 1 aromatic rings. The molecule has 0 saturated carbocycles. The van der Waals surface area contributed by atoms with Gasteiger partial charge in [-0.2, -0.15) is 0 Å². The molecule has 2 atom stereocenters. The Kier molecular flexibility index (Phi) is 8.30. The number of nitrogens with zero attached hydrogens (tertiary/aromatic N) is 1. The van der Waals surface area contributed by atoms with Crippen LogP contribution in [0.25, 0.3) is 0 Å². The van der Waals surface area contributed by atoms with Gasteiger partial charge in [-0.05, 0) is 24.6 Å². The van der Waals surface area contributed by atoms with Crippen molar-refractivity contribution in [3.8, 4) is 5.75 Å². The molecule has 1 rings (SSSR count). The van der Waals surface area contributed by atoms with E-state index in [1.807, 2.05) is 24.3 Å². The Balaban J connectivity index is 2.66. The van der Waals surface area contributed by atoms with E-state index < -0.39 is 0 Å². The van der Waals surface area contributed by atoms with Crippen LogP contribution in [0.4, 0.5) is 0 Å². The van der Waals surface area contributed by atoms with Crippen LogP contribution in [-0.4, -0.2) is 58.6 Å². The second-order valence-corrected chi connectivity index (χ2v) is 5.17. The Labute approximate surface area is 128 Å². The van der Waals surface area contributed by atoms with Crippen LogP contribution in [-0.2, 0) is 9.47 Å². The molecular formula is C16H28N2O3. The summed E-state index contributed by atoms with van der Waals surface area (Å²) in [5, 5.41) is 0. The van der Waals surface area contributed by atoms with E-state index in [9.17, 15) is 0 Å².